The Morgan fingerprint density at radius 2 is 1.46 bits per heavy atom. The fraction of sp³-hybridized carbons (Fsp3) is 0.395. The summed E-state index contributed by atoms with van der Waals surface area (Å²) in [5.41, 5.74) is 15.5. The molecule has 3 aliphatic rings. The summed E-state index contributed by atoms with van der Waals surface area (Å²) in [7, 11) is 0. The number of hydrogen-bond acceptors (Lipinski definition) is 0. The second-order valence-electron chi connectivity index (χ2n) is 13.0. The minimum absolute atomic E-state index is 0. The second kappa shape index (κ2) is 12.6. The van der Waals surface area contributed by atoms with Gasteiger partial charge in [0.1, 0.15) is 0 Å². The van der Waals surface area contributed by atoms with Crippen molar-refractivity contribution in [1.29, 1.82) is 0 Å². The largest absolute Gasteiger partial charge is 1.00 e. The molecule has 41 heavy (non-hydrogen) atoms. The molecular weight excluding hydrogens is 619 g/mol. The van der Waals surface area contributed by atoms with E-state index in [1.807, 2.05) is 0 Å². The van der Waals surface area contributed by atoms with Crippen LogP contribution < -0.4 is 28.1 Å². The number of hydrogen-bond donors (Lipinski definition) is 0. The Morgan fingerprint density at radius 1 is 0.829 bits per heavy atom. The maximum atomic E-state index is 2.74. The number of benzene rings is 3. The van der Waals surface area contributed by atoms with Crippen molar-refractivity contribution in [3.63, 3.8) is 0 Å². The van der Waals surface area contributed by atoms with Crippen LogP contribution >= 0.6 is 0 Å². The number of rotatable bonds is 4. The molecule has 3 aromatic rings. The van der Waals surface area contributed by atoms with Crippen molar-refractivity contribution in [1.82, 2.24) is 0 Å². The van der Waals surface area contributed by atoms with Crippen LogP contribution in [0.15, 0.2) is 69.5 Å². The molecule has 1 saturated carbocycles. The van der Waals surface area contributed by atoms with E-state index in [9.17, 15) is 0 Å². The zero-order valence-corrected chi connectivity index (χ0v) is 29.8. The van der Waals surface area contributed by atoms with E-state index in [-0.39, 0.29) is 24.8 Å². The number of aryl methyl sites for hydroxylation is 3. The van der Waals surface area contributed by atoms with Crippen molar-refractivity contribution < 1.29 is 46.1 Å². The smallest absolute Gasteiger partial charge is 1.00 e. The Labute approximate surface area is 268 Å². The molecule has 0 radical (unpaired) electrons. The van der Waals surface area contributed by atoms with Crippen LogP contribution in [-0.2, 0) is 27.7 Å². The molecule has 214 valence electrons. The van der Waals surface area contributed by atoms with Crippen molar-refractivity contribution in [2.45, 2.75) is 87.0 Å². The van der Waals surface area contributed by atoms with Gasteiger partial charge >= 0.3 is 246 Å². The van der Waals surface area contributed by atoms with E-state index in [2.05, 4.69) is 109 Å². The van der Waals surface area contributed by atoms with Crippen molar-refractivity contribution >= 4 is 6.48 Å². The van der Waals surface area contributed by atoms with Crippen molar-refractivity contribution in [3.8, 4) is 11.1 Å². The monoisotopic (exact) mass is 660 g/mol. The first-order chi connectivity index (χ1) is 18.7. The standard InChI is InChI=1S/C17H17.C13H19.C8H8.2ClH.Zr/c1-10-5-14-9-15-6-11(2)13(4)8-17(15)16(14)7-12(10)3;1-11-6-7-12(10-11)13(2)8-4-3-5-9-13;1-2-8-6-4-3-5-7-8;;;/h5,7-8H,9H2,1-4H3;7,10-11H,3-5,8-9H2,1-2H3;3-7H,1H3;2*1H;/q;;;;;+2/p-2. The van der Waals surface area contributed by atoms with Crippen LogP contribution in [0.1, 0.15) is 91.8 Å². The van der Waals surface area contributed by atoms with Gasteiger partial charge in [-0.05, 0) is 0 Å². The third-order valence-electron chi connectivity index (χ3n) is 10.3. The van der Waals surface area contributed by atoms with Crippen molar-refractivity contribution in [3.05, 3.63) is 108 Å². The van der Waals surface area contributed by atoms with Crippen LogP contribution in [0.2, 0.25) is 0 Å². The molecule has 0 aliphatic heterocycles. The Morgan fingerprint density at radius 3 is 2.15 bits per heavy atom. The van der Waals surface area contributed by atoms with Gasteiger partial charge < -0.3 is 24.8 Å². The van der Waals surface area contributed by atoms with E-state index < -0.39 is 21.3 Å². The predicted octanol–water partition coefficient (Wildman–Crippen LogP) is 3.41. The summed E-state index contributed by atoms with van der Waals surface area (Å²) in [6.07, 6.45) is 13.4. The van der Waals surface area contributed by atoms with E-state index in [1.54, 1.807) is 26.5 Å². The maximum absolute atomic E-state index is 2.74. The number of halogens is 2. The summed E-state index contributed by atoms with van der Waals surface area (Å²) < 4.78 is 5.24. The molecule has 0 spiro atoms. The Balaban J connectivity index is 0.00000194. The quantitative estimate of drug-likeness (QED) is 0.315. The third kappa shape index (κ3) is 5.73. The molecule has 0 bridgehead atoms. The molecule has 3 aliphatic carbocycles. The van der Waals surface area contributed by atoms with Crippen LogP contribution in [0, 0.1) is 39.0 Å². The van der Waals surface area contributed by atoms with Crippen molar-refractivity contribution in [2.24, 2.45) is 11.3 Å². The zero-order chi connectivity index (χ0) is 27.5. The van der Waals surface area contributed by atoms with E-state index >= 15 is 0 Å². The van der Waals surface area contributed by atoms with Crippen LogP contribution in [0.5, 0.6) is 0 Å². The normalized spacial score (nSPS) is 18.8. The summed E-state index contributed by atoms with van der Waals surface area (Å²) in [6, 6.07) is 18.8. The molecule has 0 nitrogen and oxygen atoms in total. The molecule has 0 aromatic heterocycles. The summed E-state index contributed by atoms with van der Waals surface area (Å²) in [5, 5.41) is 0. The summed E-state index contributed by atoms with van der Waals surface area (Å²) in [5.74, 6) is 0.538. The Hall–Kier alpha value is -1.53. The molecule has 1 atom stereocenters. The molecular formula is C38H44Cl2Zr. The van der Waals surface area contributed by atoms with Gasteiger partial charge in [-0.25, -0.2) is 0 Å². The van der Waals surface area contributed by atoms with Gasteiger partial charge in [-0.3, -0.25) is 0 Å². The predicted molar refractivity (Wildman–Crippen MR) is 166 cm³/mol. The fourth-order valence-electron chi connectivity index (χ4n) is 7.58. The summed E-state index contributed by atoms with van der Waals surface area (Å²) in [4.78, 5) is 0. The fourth-order valence-corrected chi connectivity index (χ4v) is 16.2. The van der Waals surface area contributed by atoms with Gasteiger partial charge in [-0.2, -0.15) is 0 Å². The van der Waals surface area contributed by atoms with Gasteiger partial charge in [0.25, 0.3) is 0 Å². The number of fused-ring (bicyclic) bond motifs is 3. The Bertz CT molecular complexity index is 1570. The minimum atomic E-state index is -2.51. The van der Waals surface area contributed by atoms with Crippen LogP contribution in [0.3, 0.4) is 0 Å². The maximum Gasteiger partial charge on any atom is -1.00 e. The SMILES string of the molecule is C/[C](c1ccccc1)=[Zr+2](\[C]1=CC(C2(C)CCCCC2)=CC1C)[c]1c(C)c(C)cc2c1Cc1cc(C)c(C)cc1-2.[Cl-].[Cl-]. The first-order valence-corrected chi connectivity index (χ1v) is 18.8. The third-order valence-corrected chi connectivity index (χ3v) is 18.7. The molecule has 3 aromatic carbocycles. The van der Waals surface area contributed by atoms with Gasteiger partial charge in [0.2, 0.25) is 0 Å². The molecule has 6 rings (SSSR count). The van der Waals surface area contributed by atoms with Crippen LogP contribution in [-0.4, -0.2) is 3.21 Å². The molecule has 3 heteroatoms. The summed E-state index contributed by atoms with van der Waals surface area (Å²) >= 11 is -2.51. The minimum Gasteiger partial charge on any atom is -1.00 e. The van der Waals surface area contributed by atoms with Gasteiger partial charge in [0, 0.05) is 0 Å². The zero-order valence-electron chi connectivity index (χ0n) is 25.8. The first kappa shape index (κ1) is 32.4. The average Bonchev–Trinajstić information content (AvgIpc) is 3.48. The van der Waals surface area contributed by atoms with Crippen molar-refractivity contribution in [2.75, 3.05) is 0 Å². The number of allylic oxidation sites excluding steroid dienone is 4. The molecule has 0 saturated heterocycles. The Kier molecular flexibility index (Phi) is 9.96. The molecule has 0 amide bonds. The van der Waals surface area contributed by atoms with Gasteiger partial charge in [-0.1, -0.05) is 0 Å². The summed E-state index contributed by atoms with van der Waals surface area (Å²) in [6.45, 7) is 16.9. The average molecular weight is 663 g/mol. The van der Waals surface area contributed by atoms with E-state index in [4.69, 9.17) is 0 Å². The van der Waals surface area contributed by atoms with E-state index in [0.717, 1.165) is 6.42 Å². The second-order valence-corrected chi connectivity index (χ2v) is 19.3. The topological polar surface area (TPSA) is 0 Å². The molecule has 0 N–H and O–H groups in total. The van der Waals surface area contributed by atoms with Crippen LogP contribution in [0.4, 0.5) is 0 Å². The van der Waals surface area contributed by atoms with Gasteiger partial charge in [0.05, 0.1) is 0 Å². The van der Waals surface area contributed by atoms with E-state index in [1.165, 1.54) is 71.0 Å². The van der Waals surface area contributed by atoms with Gasteiger partial charge in [0.15, 0.2) is 0 Å². The van der Waals surface area contributed by atoms with Gasteiger partial charge in [-0.15, -0.1) is 0 Å². The first-order valence-electron chi connectivity index (χ1n) is 15.1. The molecule has 1 unspecified atom stereocenters. The van der Waals surface area contributed by atoms with E-state index in [0.29, 0.717) is 11.3 Å². The van der Waals surface area contributed by atoms with Crippen LogP contribution in [0.25, 0.3) is 11.1 Å². The molecule has 1 fully saturated rings. The molecule has 0 heterocycles.